The molecule has 0 aliphatic heterocycles. The standard InChI is InChI=1S/C16H16F2N2O/c1-10-2-4-11(5-3-10)15(19)16(21)20-9-12-6-7-13(17)8-14(12)18/h2-8,15H,9,19H2,1H3,(H,20,21). The molecule has 21 heavy (non-hydrogen) atoms. The van der Waals surface area contributed by atoms with Gasteiger partial charge < -0.3 is 11.1 Å². The first-order chi connectivity index (χ1) is 9.97. The van der Waals surface area contributed by atoms with Gasteiger partial charge in [0.1, 0.15) is 17.7 Å². The minimum absolute atomic E-state index is 0.0372. The maximum atomic E-state index is 13.4. The Morgan fingerprint density at radius 3 is 2.48 bits per heavy atom. The highest BCUT2D eigenvalue weighted by atomic mass is 19.1. The summed E-state index contributed by atoms with van der Waals surface area (Å²) in [6.07, 6.45) is 0. The molecule has 0 radical (unpaired) electrons. The molecule has 0 saturated carbocycles. The summed E-state index contributed by atoms with van der Waals surface area (Å²) in [5, 5.41) is 2.55. The molecule has 2 aromatic rings. The normalized spacial score (nSPS) is 12.0. The Kier molecular flexibility index (Phi) is 4.65. The monoisotopic (exact) mass is 290 g/mol. The molecule has 110 valence electrons. The van der Waals surface area contributed by atoms with Gasteiger partial charge in [0.2, 0.25) is 5.91 Å². The lowest BCUT2D eigenvalue weighted by Gasteiger charge is -2.13. The molecule has 0 aromatic heterocycles. The highest BCUT2D eigenvalue weighted by Crippen LogP contribution is 2.13. The lowest BCUT2D eigenvalue weighted by Crippen LogP contribution is -2.33. The van der Waals surface area contributed by atoms with Gasteiger partial charge in [-0.1, -0.05) is 35.9 Å². The molecule has 5 heteroatoms. The van der Waals surface area contributed by atoms with E-state index >= 15 is 0 Å². The molecule has 0 aliphatic carbocycles. The molecule has 0 spiro atoms. The third-order valence-electron chi connectivity index (χ3n) is 3.19. The van der Waals surface area contributed by atoms with E-state index < -0.39 is 23.6 Å². The predicted molar refractivity (Wildman–Crippen MR) is 76.3 cm³/mol. The number of hydrogen-bond donors (Lipinski definition) is 2. The van der Waals surface area contributed by atoms with E-state index in [4.69, 9.17) is 5.73 Å². The Morgan fingerprint density at radius 2 is 1.86 bits per heavy atom. The lowest BCUT2D eigenvalue weighted by molar-refractivity contribution is -0.122. The molecular formula is C16H16F2N2O. The van der Waals surface area contributed by atoms with Crippen molar-refractivity contribution in [2.24, 2.45) is 5.73 Å². The summed E-state index contributed by atoms with van der Waals surface area (Å²) in [6.45, 7) is 1.90. The fourth-order valence-corrected chi connectivity index (χ4v) is 1.88. The highest BCUT2D eigenvalue weighted by molar-refractivity contribution is 5.82. The summed E-state index contributed by atoms with van der Waals surface area (Å²) in [7, 11) is 0. The van der Waals surface area contributed by atoms with Gasteiger partial charge in [-0.3, -0.25) is 4.79 Å². The van der Waals surface area contributed by atoms with E-state index in [1.54, 1.807) is 12.1 Å². The minimum atomic E-state index is -0.825. The van der Waals surface area contributed by atoms with E-state index in [1.165, 1.54) is 6.07 Å². The first kappa shape index (κ1) is 15.1. The van der Waals surface area contributed by atoms with Gasteiger partial charge in [0.25, 0.3) is 0 Å². The van der Waals surface area contributed by atoms with Crippen LogP contribution in [-0.2, 0) is 11.3 Å². The molecule has 3 nitrogen and oxygen atoms in total. The van der Waals surface area contributed by atoms with E-state index in [0.717, 1.165) is 17.7 Å². The number of nitrogens with two attached hydrogens (primary N) is 1. The molecule has 2 rings (SSSR count). The molecule has 1 atom stereocenters. The van der Waals surface area contributed by atoms with E-state index in [1.807, 2.05) is 19.1 Å². The van der Waals surface area contributed by atoms with Gasteiger partial charge in [-0.25, -0.2) is 8.78 Å². The quantitative estimate of drug-likeness (QED) is 0.909. The van der Waals surface area contributed by atoms with Gasteiger partial charge in [-0.05, 0) is 18.6 Å². The fourth-order valence-electron chi connectivity index (χ4n) is 1.88. The van der Waals surface area contributed by atoms with Crippen LogP contribution in [0, 0.1) is 18.6 Å². The second-order valence-corrected chi connectivity index (χ2v) is 4.84. The third-order valence-corrected chi connectivity index (χ3v) is 3.19. The average molecular weight is 290 g/mol. The average Bonchev–Trinajstić information content (AvgIpc) is 2.46. The summed E-state index contributed by atoms with van der Waals surface area (Å²) in [5.41, 5.74) is 7.81. The molecule has 0 heterocycles. The number of amides is 1. The van der Waals surface area contributed by atoms with Crippen LogP contribution in [0.1, 0.15) is 22.7 Å². The van der Waals surface area contributed by atoms with Gasteiger partial charge in [0, 0.05) is 18.2 Å². The molecule has 0 aliphatic rings. The largest absolute Gasteiger partial charge is 0.350 e. The van der Waals surface area contributed by atoms with E-state index in [-0.39, 0.29) is 12.1 Å². The van der Waals surface area contributed by atoms with Crippen LogP contribution in [0.25, 0.3) is 0 Å². The number of hydrogen-bond acceptors (Lipinski definition) is 2. The molecular weight excluding hydrogens is 274 g/mol. The van der Waals surface area contributed by atoms with Crippen LogP contribution in [0.5, 0.6) is 0 Å². The van der Waals surface area contributed by atoms with Crippen molar-refractivity contribution in [1.82, 2.24) is 5.32 Å². The number of aryl methyl sites for hydroxylation is 1. The van der Waals surface area contributed by atoms with Crippen molar-refractivity contribution in [3.8, 4) is 0 Å². The van der Waals surface area contributed by atoms with Crippen LogP contribution in [-0.4, -0.2) is 5.91 Å². The van der Waals surface area contributed by atoms with Crippen LogP contribution in [0.3, 0.4) is 0 Å². The van der Waals surface area contributed by atoms with Gasteiger partial charge >= 0.3 is 0 Å². The Labute approximate surface area is 121 Å². The van der Waals surface area contributed by atoms with Crippen LogP contribution < -0.4 is 11.1 Å². The van der Waals surface area contributed by atoms with E-state index in [0.29, 0.717) is 5.56 Å². The predicted octanol–water partition coefficient (Wildman–Crippen LogP) is 2.59. The maximum Gasteiger partial charge on any atom is 0.241 e. The van der Waals surface area contributed by atoms with Gasteiger partial charge in [-0.15, -0.1) is 0 Å². The Morgan fingerprint density at radius 1 is 1.19 bits per heavy atom. The Balaban J connectivity index is 1.99. The Bertz CT molecular complexity index is 641. The van der Waals surface area contributed by atoms with Crippen LogP contribution in [0.15, 0.2) is 42.5 Å². The number of nitrogens with one attached hydrogen (secondary N) is 1. The number of carbonyl (C=O) groups is 1. The first-order valence-corrected chi connectivity index (χ1v) is 6.51. The van der Waals surface area contributed by atoms with Gasteiger partial charge in [0.05, 0.1) is 0 Å². The minimum Gasteiger partial charge on any atom is -0.350 e. The summed E-state index contributed by atoms with van der Waals surface area (Å²) in [5.74, 6) is -1.76. The maximum absolute atomic E-state index is 13.4. The van der Waals surface area contributed by atoms with E-state index in [9.17, 15) is 13.6 Å². The van der Waals surface area contributed by atoms with Crippen LogP contribution in [0.4, 0.5) is 8.78 Å². The van der Waals surface area contributed by atoms with Crippen LogP contribution in [0.2, 0.25) is 0 Å². The molecule has 0 bridgehead atoms. The topological polar surface area (TPSA) is 55.1 Å². The zero-order valence-electron chi connectivity index (χ0n) is 11.6. The summed E-state index contributed by atoms with van der Waals surface area (Å²) in [4.78, 5) is 11.9. The lowest BCUT2D eigenvalue weighted by atomic mass is 10.1. The number of rotatable bonds is 4. The highest BCUT2D eigenvalue weighted by Gasteiger charge is 2.15. The second-order valence-electron chi connectivity index (χ2n) is 4.84. The molecule has 3 N–H and O–H groups in total. The third kappa shape index (κ3) is 3.86. The van der Waals surface area contributed by atoms with Crippen LogP contribution >= 0.6 is 0 Å². The van der Waals surface area contributed by atoms with Crippen molar-refractivity contribution >= 4 is 5.91 Å². The van der Waals surface area contributed by atoms with Gasteiger partial charge in [0.15, 0.2) is 0 Å². The van der Waals surface area contributed by atoms with Crippen molar-refractivity contribution in [2.75, 3.05) is 0 Å². The summed E-state index contributed by atoms with van der Waals surface area (Å²) < 4.78 is 26.2. The van der Waals surface area contributed by atoms with Crippen molar-refractivity contribution in [3.63, 3.8) is 0 Å². The second kappa shape index (κ2) is 6.45. The van der Waals surface area contributed by atoms with Gasteiger partial charge in [-0.2, -0.15) is 0 Å². The Hall–Kier alpha value is -2.27. The van der Waals surface area contributed by atoms with Crippen molar-refractivity contribution in [2.45, 2.75) is 19.5 Å². The number of carbonyl (C=O) groups excluding carboxylic acids is 1. The molecule has 2 aromatic carbocycles. The number of halogens is 2. The SMILES string of the molecule is Cc1ccc(C(N)C(=O)NCc2ccc(F)cc2F)cc1. The fraction of sp³-hybridized carbons (Fsp3) is 0.188. The van der Waals surface area contributed by atoms with Crippen molar-refractivity contribution in [3.05, 3.63) is 70.8 Å². The zero-order valence-corrected chi connectivity index (χ0v) is 11.6. The van der Waals surface area contributed by atoms with Crippen molar-refractivity contribution in [1.29, 1.82) is 0 Å². The summed E-state index contributed by atoms with van der Waals surface area (Å²) >= 11 is 0. The smallest absolute Gasteiger partial charge is 0.241 e. The molecule has 0 fully saturated rings. The zero-order chi connectivity index (χ0) is 15.4. The molecule has 1 amide bonds. The summed E-state index contributed by atoms with van der Waals surface area (Å²) in [6, 6.07) is 9.67. The first-order valence-electron chi connectivity index (χ1n) is 6.51. The van der Waals surface area contributed by atoms with Crippen molar-refractivity contribution < 1.29 is 13.6 Å². The molecule has 1 unspecified atom stereocenters. The number of benzene rings is 2. The van der Waals surface area contributed by atoms with E-state index in [2.05, 4.69) is 5.32 Å². The molecule has 0 saturated heterocycles.